The maximum absolute atomic E-state index is 14.3. The van der Waals surface area contributed by atoms with Gasteiger partial charge < -0.3 is 5.32 Å². The van der Waals surface area contributed by atoms with Gasteiger partial charge in [-0.2, -0.15) is 0 Å². The van der Waals surface area contributed by atoms with Crippen molar-refractivity contribution in [3.05, 3.63) is 47.9 Å². The Morgan fingerprint density at radius 1 is 1.16 bits per heavy atom. The standard InChI is InChI=1S/C14H17FN4/c1-14(2,3)12-11(15)13(19-9-18-12)17-8-10-4-6-16-7-5-10/h4-7,9H,8H2,1-3H3,(H,17,18,19). The van der Waals surface area contributed by atoms with Gasteiger partial charge in [-0.1, -0.05) is 20.8 Å². The van der Waals surface area contributed by atoms with E-state index in [1.807, 2.05) is 32.9 Å². The minimum Gasteiger partial charge on any atom is -0.363 e. The molecule has 0 aliphatic heterocycles. The molecular formula is C14H17FN4. The fraction of sp³-hybridized carbons (Fsp3) is 0.357. The Balaban J connectivity index is 2.18. The van der Waals surface area contributed by atoms with Gasteiger partial charge in [0.15, 0.2) is 11.6 Å². The zero-order chi connectivity index (χ0) is 13.9. The molecule has 2 aromatic rings. The molecule has 0 spiro atoms. The summed E-state index contributed by atoms with van der Waals surface area (Å²) in [6, 6.07) is 3.74. The Bertz CT molecular complexity index is 549. The molecule has 0 aliphatic rings. The van der Waals surface area contributed by atoms with E-state index in [0.717, 1.165) is 5.56 Å². The normalized spacial score (nSPS) is 11.4. The lowest BCUT2D eigenvalue weighted by atomic mass is 9.91. The number of anilines is 1. The Morgan fingerprint density at radius 2 is 1.84 bits per heavy atom. The van der Waals surface area contributed by atoms with Crippen molar-refractivity contribution in [2.45, 2.75) is 32.7 Å². The number of pyridine rings is 1. The summed E-state index contributed by atoms with van der Waals surface area (Å²) in [5.41, 5.74) is 1.09. The molecular weight excluding hydrogens is 243 g/mol. The van der Waals surface area contributed by atoms with E-state index in [2.05, 4.69) is 20.3 Å². The zero-order valence-corrected chi connectivity index (χ0v) is 11.3. The first-order valence-electron chi connectivity index (χ1n) is 6.12. The summed E-state index contributed by atoms with van der Waals surface area (Å²) in [7, 11) is 0. The first-order valence-corrected chi connectivity index (χ1v) is 6.12. The van der Waals surface area contributed by atoms with E-state index in [1.165, 1.54) is 6.33 Å². The molecule has 2 aromatic heterocycles. The van der Waals surface area contributed by atoms with Crippen molar-refractivity contribution in [3.63, 3.8) is 0 Å². The Morgan fingerprint density at radius 3 is 2.47 bits per heavy atom. The van der Waals surface area contributed by atoms with Crippen LogP contribution in [-0.4, -0.2) is 15.0 Å². The van der Waals surface area contributed by atoms with Crippen molar-refractivity contribution in [2.24, 2.45) is 0 Å². The van der Waals surface area contributed by atoms with Gasteiger partial charge in [-0.15, -0.1) is 0 Å². The van der Waals surface area contributed by atoms with Crippen molar-refractivity contribution in [3.8, 4) is 0 Å². The van der Waals surface area contributed by atoms with Crippen molar-refractivity contribution < 1.29 is 4.39 Å². The first kappa shape index (κ1) is 13.4. The topological polar surface area (TPSA) is 50.7 Å². The number of halogens is 1. The van der Waals surface area contributed by atoms with Crippen LogP contribution < -0.4 is 5.32 Å². The van der Waals surface area contributed by atoms with E-state index in [0.29, 0.717) is 12.2 Å². The average molecular weight is 260 g/mol. The van der Waals surface area contributed by atoms with Crippen LogP contribution in [0.1, 0.15) is 32.0 Å². The van der Waals surface area contributed by atoms with Crippen LogP contribution in [-0.2, 0) is 12.0 Å². The number of nitrogens with one attached hydrogen (secondary N) is 1. The third-order valence-electron chi connectivity index (χ3n) is 2.71. The maximum atomic E-state index is 14.3. The van der Waals surface area contributed by atoms with Crippen LogP contribution in [0.2, 0.25) is 0 Å². The molecule has 0 saturated carbocycles. The Kier molecular flexibility index (Phi) is 3.74. The quantitative estimate of drug-likeness (QED) is 0.922. The van der Waals surface area contributed by atoms with Crippen molar-refractivity contribution >= 4 is 5.82 Å². The summed E-state index contributed by atoms with van der Waals surface area (Å²) < 4.78 is 14.3. The molecule has 5 heteroatoms. The summed E-state index contributed by atoms with van der Waals surface area (Å²) in [5.74, 6) is -0.152. The molecule has 19 heavy (non-hydrogen) atoms. The summed E-state index contributed by atoms with van der Waals surface area (Å²) >= 11 is 0. The lowest BCUT2D eigenvalue weighted by Gasteiger charge is -2.19. The molecule has 0 aromatic carbocycles. The molecule has 0 bridgehead atoms. The van der Waals surface area contributed by atoms with Crippen LogP contribution >= 0.6 is 0 Å². The van der Waals surface area contributed by atoms with Crippen LogP contribution in [0.25, 0.3) is 0 Å². The van der Waals surface area contributed by atoms with E-state index in [-0.39, 0.29) is 17.1 Å². The van der Waals surface area contributed by atoms with Gasteiger partial charge in [0.25, 0.3) is 0 Å². The Hall–Kier alpha value is -2.04. The van der Waals surface area contributed by atoms with Gasteiger partial charge in [0, 0.05) is 24.4 Å². The van der Waals surface area contributed by atoms with Gasteiger partial charge in [-0.3, -0.25) is 4.98 Å². The molecule has 1 N–H and O–H groups in total. The summed E-state index contributed by atoms with van der Waals surface area (Å²) in [4.78, 5) is 11.9. The van der Waals surface area contributed by atoms with Crippen LogP contribution in [0, 0.1) is 5.82 Å². The number of nitrogens with zero attached hydrogens (tertiary/aromatic N) is 3. The molecule has 0 amide bonds. The lowest BCUT2D eigenvalue weighted by molar-refractivity contribution is 0.500. The summed E-state index contributed by atoms with van der Waals surface area (Å²) in [5, 5.41) is 2.99. The van der Waals surface area contributed by atoms with Gasteiger partial charge in [0.2, 0.25) is 0 Å². The Labute approximate surface area is 112 Å². The van der Waals surface area contributed by atoms with Gasteiger partial charge >= 0.3 is 0 Å². The zero-order valence-electron chi connectivity index (χ0n) is 11.3. The van der Waals surface area contributed by atoms with Crippen LogP contribution in [0.5, 0.6) is 0 Å². The number of hydrogen-bond donors (Lipinski definition) is 1. The van der Waals surface area contributed by atoms with Gasteiger partial charge in [0.1, 0.15) is 6.33 Å². The smallest absolute Gasteiger partial charge is 0.187 e. The first-order chi connectivity index (χ1) is 8.98. The second-order valence-electron chi connectivity index (χ2n) is 5.34. The summed E-state index contributed by atoms with van der Waals surface area (Å²) in [6.45, 7) is 6.27. The average Bonchev–Trinajstić information content (AvgIpc) is 2.37. The highest BCUT2D eigenvalue weighted by Crippen LogP contribution is 2.25. The molecule has 2 rings (SSSR count). The minimum absolute atomic E-state index is 0.233. The monoisotopic (exact) mass is 260 g/mol. The molecule has 0 fully saturated rings. The summed E-state index contributed by atoms with van der Waals surface area (Å²) in [6.07, 6.45) is 4.79. The highest BCUT2D eigenvalue weighted by molar-refractivity contribution is 5.39. The molecule has 0 unspecified atom stereocenters. The largest absolute Gasteiger partial charge is 0.363 e. The van der Waals surface area contributed by atoms with Gasteiger partial charge in [-0.25, -0.2) is 14.4 Å². The maximum Gasteiger partial charge on any atom is 0.187 e. The minimum atomic E-state index is -0.385. The fourth-order valence-corrected chi connectivity index (χ4v) is 1.70. The van der Waals surface area contributed by atoms with Crippen molar-refractivity contribution in [1.29, 1.82) is 0 Å². The van der Waals surface area contributed by atoms with E-state index in [1.54, 1.807) is 12.4 Å². The molecule has 0 atom stereocenters. The van der Waals surface area contributed by atoms with Gasteiger partial charge in [-0.05, 0) is 17.7 Å². The number of rotatable bonds is 3. The predicted octanol–water partition coefficient (Wildman–Crippen LogP) is 2.92. The van der Waals surface area contributed by atoms with Gasteiger partial charge in [0.05, 0.1) is 5.69 Å². The molecule has 100 valence electrons. The molecule has 0 aliphatic carbocycles. The number of hydrogen-bond acceptors (Lipinski definition) is 4. The third-order valence-corrected chi connectivity index (χ3v) is 2.71. The molecule has 2 heterocycles. The highest BCUT2D eigenvalue weighted by Gasteiger charge is 2.22. The highest BCUT2D eigenvalue weighted by atomic mass is 19.1. The second-order valence-corrected chi connectivity index (χ2v) is 5.34. The van der Waals surface area contributed by atoms with E-state index in [9.17, 15) is 4.39 Å². The third kappa shape index (κ3) is 3.24. The van der Waals surface area contributed by atoms with Crippen molar-refractivity contribution in [1.82, 2.24) is 15.0 Å². The van der Waals surface area contributed by atoms with Crippen LogP contribution in [0.15, 0.2) is 30.9 Å². The fourth-order valence-electron chi connectivity index (χ4n) is 1.70. The lowest BCUT2D eigenvalue weighted by Crippen LogP contribution is -2.18. The van der Waals surface area contributed by atoms with E-state index >= 15 is 0 Å². The van der Waals surface area contributed by atoms with Crippen LogP contribution in [0.3, 0.4) is 0 Å². The van der Waals surface area contributed by atoms with Crippen molar-refractivity contribution in [2.75, 3.05) is 5.32 Å². The molecule has 0 radical (unpaired) electrons. The van der Waals surface area contributed by atoms with Crippen LogP contribution in [0.4, 0.5) is 10.2 Å². The second kappa shape index (κ2) is 5.30. The van der Waals surface area contributed by atoms with E-state index in [4.69, 9.17) is 0 Å². The number of aromatic nitrogens is 3. The molecule has 4 nitrogen and oxygen atoms in total. The van der Waals surface area contributed by atoms with E-state index < -0.39 is 0 Å². The molecule has 0 saturated heterocycles. The SMILES string of the molecule is CC(C)(C)c1ncnc(NCc2ccncc2)c1F. The predicted molar refractivity (Wildman–Crippen MR) is 72.3 cm³/mol.